The molecule has 2 unspecified atom stereocenters. The SMILES string of the molecule is CC(C)Oc1ccc(CNC(=O)C2CC(O)CN2)c(C(F)(F)F)c1. The average Bonchev–Trinajstić information content (AvgIpc) is 2.90. The number of β-amino-alcohol motifs (C(OH)–C–C–N with tert-alkyl or cyclic N) is 1. The molecule has 1 saturated heterocycles. The number of amides is 1. The largest absolute Gasteiger partial charge is 0.491 e. The number of hydrogen-bond acceptors (Lipinski definition) is 4. The molecule has 0 radical (unpaired) electrons. The number of aliphatic hydroxyl groups is 1. The number of nitrogens with one attached hydrogen (secondary N) is 2. The molecular weight excluding hydrogens is 325 g/mol. The van der Waals surface area contributed by atoms with Crippen LogP contribution in [0.3, 0.4) is 0 Å². The van der Waals surface area contributed by atoms with Crippen molar-refractivity contribution in [3.05, 3.63) is 29.3 Å². The molecule has 0 spiro atoms. The van der Waals surface area contributed by atoms with Gasteiger partial charge in [0.05, 0.1) is 23.8 Å². The highest BCUT2D eigenvalue weighted by Gasteiger charge is 2.34. The Balaban J connectivity index is 2.09. The highest BCUT2D eigenvalue weighted by molar-refractivity contribution is 5.82. The normalized spacial score (nSPS) is 21.1. The first-order chi connectivity index (χ1) is 11.2. The Hall–Kier alpha value is -1.80. The Morgan fingerprint density at radius 3 is 2.71 bits per heavy atom. The fraction of sp³-hybridized carbons (Fsp3) is 0.562. The van der Waals surface area contributed by atoms with Crippen LogP contribution >= 0.6 is 0 Å². The summed E-state index contributed by atoms with van der Waals surface area (Å²) in [6, 6.07) is 3.11. The van der Waals surface area contributed by atoms with Crippen LogP contribution in [0.4, 0.5) is 13.2 Å². The van der Waals surface area contributed by atoms with Crippen molar-refractivity contribution in [3.8, 4) is 5.75 Å². The van der Waals surface area contributed by atoms with Crippen molar-refractivity contribution < 1.29 is 27.8 Å². The first-order valence-electron chi connectivity index (χ1n) is 7.72. The molecule has 134 valence electrons. The first kappa shape index (κ1) is 18.5. The Bertz CT molecular complexity index is 590. The van der Waals surface area contributed by atoms with E-state index in [1.165, 1.54) is 12.1 Å². The molecule has 8 heteroatoms. The van der Waals surface area contributed by atoms with Crippen LogP contribution in [0.5, 0.6) is 5.75 Å². The number of aliphatic hydroxyl groups excluding tert-OH is 1. The predicted molar refractivity (Wildman–Crippen MR) is 81.5 cm³/mol. The summed E-state index contributed by atoms with van der Waals surface area (Å²) in [5.74, 6) is -0.296. The molecule has 1 heterocycles. The van der Waals surface area contributed by atoms with Gasteiger partial charge in [-0.3, -0.25) is 4.79 Å². The van der Waals surface area contributed by atoms with Gasteiger partial charge in [-0.15, -0.1) is 0 Å². The summed E-state index contributed by atoms with van der Waals surface area (Å²) < 4.78 is 45.0. The molecule has 0 aromatic heterocycles. The molecule has 0 bridgehead atoms. The predicted octanol–water partition coefficient (Wildman–Crippen LogP) is 1.83. The number of benzene rings is 1. The van der Waals surface area contributed by atoms with Crippen LogP contribution in [0.15, 0.2) is 18.2 Å². The molecule has 2 rings (SSSR count). The van der Waals surface area contributed by atoms with E-state index in [4.69, 9.17) is 4.74 Å². The molecule has 0 aliphatic carbocycles. The number of carbonyl (C=O) groups is 1. The summed E-state index contributed by atoms with van der Waals surface area (Å²) in [6.45, 7) is 3.51. The number of rotatable bonds is 5. The Kier molecular flexibility index (Phi) is 5.71. The van der Waals surface area contributed by atoms with E-state index in [0.29, 0.717) is 6.54 Å². The van der Waals surface area contributed by atoms with Crippen molar-refractivity contribution in [2.45, 2.75) is 51.2 Å². The van der Waals surface area contributed by atoms with Gasteiger partial charge in [-0.25, -0.2) is 0 Å². The topological polar surface area (TPSA) is 70.6 Å². The lowest BCUT2D eigenvalue weighted by Crippen LogP contribution is -2.40. The van der Waals surface area contributed by atoms with Gasteiger partial charge in [0, 0.05) is 13.1 Å². The van der Waals surface area contributed by atoms with E-state index in [9.17, 15) is 23.1 Å². The number of halogens is 3. The van der Waals surface area contributed by atoms with Crippen LogP contribution in [0, 0.1) is 0 Å². The molecule has 1 aromatic rings. The maximum absolute atomic E-state index is 13.2. The first-order valence-corrected chi connectivity index (χ1v) is 7.72. The second-order valence-electron chi connectivity index (χ2n) is 6.05. The van der Waals surface area contributed by atoms with Crippen molar-refractivity contribution in [2.75, 3.05) is 6.54 Å². The van der Waals surface area contributed by atoms with Crippen molar-refractivity contribution in [2.24, 2.45) is 0 Å². The maximum Gasteiger partial charge on any atom is 0.416 e. The third-order valence-electron chi connectivity index (χ3n) is 3.64. The molecule has 0 saturated carbocycles. The van der Waals surface area contributed by atoms with Gasteiger partial charge in [0.15, 0.2) is 0 Å². The van der Waals surface area contributed by atoms with Gasteiger partial charge in [-0.05, 0) is 38.0 Å². The number of carbonyl (C=O) groups excluding carboxylic acids is 1. The summed E-state index contributed by atoms with van der Waals surface area (Å²) in [4.78, 5) is 11.9. The van der Waals surface area contributed by atoms with E-state index in [0.717, 1.165) is 6.07 Å². The molecule has 5 nitrogen and oxygen atoms in total. The van der Waals surface area contributed by atoms with Crippen LogP contribution in [0.2, 0.25) is 0 Å². The van der Waals surface area contributed by atoms with Gasteiger partial charge in [0.2, 0.25) is 5.91 Å². The molecule has 1 aliphatic rings. The molecule has 1 fully saturated rings. The zero-order valence-electron chi connectivity index (χ0n) is 13.5. The summed E-state index contributed by atoms with van der Waals surface area (Å²) >= 11 is 0. The quantitative estimate of drug-likeness (QED) is 0.761. The van der Waals surface area contributed by atoms with Crippen LogP contribution in [0.1, 0.15) is 31.4 Å². The van der Waals surface area contributed by atoms with E-state index in [1.54, 1.807) is 13.8 Å². The standard InChI is InChI=1S/C16H21F3N2O3/c1-9(2)24-12-4-3-10(13(6-12)16(17,18)19)7-21-15(23)14-5-11(22)8-20-14/h3-4,6,9,11,14,20,22H,5,7-8H2,1-2H3,(H,21,23). The van der Waals surface area contributed by atoms with E-state index < -0.39 is 29.8 Å². The Morgan fingerprint density at radius 2 is 2.17 bits per heavy atom. The van der Waals surface area contributed by atoms with Gasteiger partial charge in [-0.1, -0.05) is 6.07 Å². The van der Waals surface area contributed by atoms with Gasteiger partial charge < -0.3 is 20.5 Å². The molecule has 2 atom stereocenters. The fourth-order valence-corrected chi connectivity index (χ4v) is 2.54. The maximum atomic E-state index is 13.2. The second-order valence-corrected chi connectivity index (χ2v) is 6.05. The minimum Gasteiger partial charge on any atom is -0.491 e. The molecular formula is C16H21F3N2O3. The third kappa shape index (κ3) is 4.85. The summed E-state index contributed by atoms with van der Waals surface area (Å²) in [5.41, 5.74) is -0.870. The lowest BCUT2D eigenvalue weighted by molar-refractivity contribution is -0.138. The number of alkyl halides is 3. The van der Waals surface area contributed by atoms with Crippen molar-refractivity contribution >= 4 is 5.91 Å². The van der Waals surface area contributed by atoms with Crippen molar-refractivity contribution in [1.82, 2.24) is 10.6 Å². The highest BCUT2D eigenvalue weighted by Crippen LogP contribution is 2.34. The van der Waals surface area contributed by atoms with Crippen LogP contribution < -0.4 is 15.4 Å². The summed E-state index contributed by atoms with van der Waals surface area (Å²) in [7, 11) is 0. The van der Waals surface area contributed by atoms with E-state index in [-0.39, 0.29) is 30.4 Å². The molecule has 1 amide bonds. The van der Waals surface area contributed by atoms with E-state index >= 15 is 0 Å². The lowest BCUT2D eigenvalue weighted by Gasteiger charge is -2.17. The van der Waals surface area contributed by atoms with E-state index in [2.05, 4.69) is 10.6 Å². The molecule has 1 aromatic carbocycles. The Morgan fingerprint density at radius 1 is 1.46 bits per heavy atom. The van der Waals surface area contributed by atoms with Gasteiger partial charge in [0.1, 0.15) is 5.75 Å². The zero-order chi connectivity index (χ0) is 17.9. The lowest BCUT2D eigenvalue weighted by atomic mass is 10.1. The molecule has 24 heavy (non-hydrogen) atoms. The third-order valence-corrected chi connectivity index (χ3v) is 3.64. The minimum absolute atomic E-state index is 0.0366. The van der Waals surface area contributed by atoms with Crippen molar-refractivity contribution in [3.63, 3.8) is 0 Å². The molecule has 3 N–H and O–H groups in total. The smallest absolute Gasteiger partial charge is 0.416 e. The Labute approximate surface area is 138 Å². The second kappa shape index (κ2) is 7.40. The van der Waals surface area contributed by atoms with E-state index in [1.807, 2.05) is 0 Å². The monoisotopic (exact) mass is 346 g/mol. The van der Waals surface area contributed by atoms with Crippen LogP contribution in [0.25, 0.3) is 0 Å². The number of ether oxygens (including phenoxy) is 1. The average molecular weight is 346 g/mol. The van der Waals surface area contributed by atoms with Crippen molar-refractivity contribution in [1.29, 1.82) is 0 Å². The summed E-state index contributed by atoms with van der Waals surface area (Å²) in [5, 5.41) is 14.7. The summed E-state index contributed by atoms with van der Waals surface area (Å²) in [6.07, 6.45) is -5.15. The minimum atomic E-state index is -4.54. The van der Waals surface area contributed by atoms with Gasteiger partial charge in [0.25, 0.3) is 0 Å². The van der Waals surface area contributed by atoms with Gasteiger partial charge in [-0.2, -0.15) is 13.2 Å². The number of hydrogen-bond donors (Lipinski definition) is 3. The van der Waals surface area contributed by atoms with Gasteiger partial charge >= 0.3 is 6.18 Å². The fourth-order valence-electron chi connectivity index (χ4n) is 2.54. The highest BCUT2D eigenvalue weighted by atomic mass is 19.4. The van der Waals surface area contributed by atoms with Crippen LogP contribution in [-0.4, -0.2) is 35.8 Å². The zero-order valence-corrected chi connectivity index (χ0v) is 13.5. The molecule has 1 aliphatic heterocycles. The van der Waals surface area contributed by atoms with Crippen LogP contribution in [-0.2, 0) is 17.5 Å².